The van der Waals surface area contributed by atoms with E-state index in [-0.39, 0.29) is 17.4 Å². The molecule has 3 unspecified atom stereocenters. The molecule has 1 aromatic rings. The first-order valence-corrected chi connectivity index (χ1v) is 10.4. The van der Waals surface area contributed by atoms with Gasteiger partial charge in [0.05, 0.1) is 11.1 Å². The molecule has 0 saturated carbocycles. The highest BCUT2D eigenvalue weighted by atomic mass is 32.2. The van der Waals surface area contributed by atoms with Gasteiger partial charge in [-0.15, -0.1) is 0 Å². The minimum atomic E-state index is -0.391. The van der Waals surface area contributed by atoms with Gasteiger partial charge in [0.25, 0.3) is 5.91 Å². The average Bonchev–Trinajstić information content (AvgIpc) is 2.67. The molecule has 3 N–H and O–H groups in total. The SMILES string of the molecule is CC1(c2cccc(C(=O)NC3=CC=CC4(C)N=CC=CC34)c2)CCSC(N)=N1. The zero-order valence-electron chi connectivity index (χ0n) is 16.1. The van der Waals surface area contributed by atoms with Crippen LogP contribution < -0.4 is 11.1 Å². The molecule has 3 atom stereocenters. The molecule has 0 spiro atoms. The number of hydrogen-bond acceptors (Lipinski definition) is 5. The molecule has 0 bridgehead atoms. The molecule has 0 saturated heterocycles. The van der Waals surface area contributed by atoms with E-state index in [9.17, 15) is 4.79 Å². The van der Waals surface area contributed by atoms with Gasteiger partial charge in [0.1, 0.15) is 0 Å². The van der Waals surface area contributed by atoms with E-state index in [4.69, 9.17) is 5.73 Å². The normalized spacial score (nSPS) is 31.0. The van der Waals surface area contributed by atoms with Crippen molar-refractivity contribution >= 4 is 29.1 Å². The largest absolute Gasteiger partial charge is 0.379 e. The molecule has 1 aromatic carbocycles. The molecule has 1 aliphatic carbocycles. The topological polar surface area (TPSA) is 79.8 Å². The number of thioether (sulfide) groups is 1. The van der Waals surface area contributed by atoms with E-state index in [0.717, 1.165) is 23.4 Å². The third kappa shape index (κ3) is 3.44. The molecule has 0 fully saturated rings. The summed E-state index contributed by atoms with van der Waals surface area (Å²) in [5.74, 6) is 0.820. The van der Waals surface area contributed by atoms with Gasteiger partial charge in [0, 0.05) is 29.1 Å². The number of amidine groups is 1. The molecule has 5 nitrogen and oxygen atoms in total. The number of hydrogen-bond donors (Lipinski definition) is 2. The highest BCUT2D eigenvalue weighted by Crippen LogP contribution is 2.36. The Morgan fingerprint density at radius 2 is 2.18 bits per heavy atom. The van der Waals surface area contributed by atoms with E-state index in [1.807, 2.05) is 48.7 Å². The van der Waals surface area contributed by atoms with Gasteiger partial charge in [-0.25, -0.2) is 0 Å². The summed E-state index contributed by atoms with van der Waals surface area (Å²) in [7, 11) is 0. The van der Waals surface area contributed by atoms with Gasteiger partial charge in [-0.05, 0) is 50.1 Å². The molecule has 0 radical (unpaired) electrons. The Kier molecular flexibility index (Phi) is 4.75. The fourth-order valence-corrected chi connectivity index (χ4v) is 4.84. The van der Waals surface area contributed by atoms with Crippen molar-refractivity contribution in [3.63, 3.8) is 0 Å². The van der Waals surface area contributed by atoms with Gasteiger partial charge in [0.2, 0.25) is 0 Å². The lowest BCUT2D eigenvalue weighted by Gasteiger charge is -2.35. The Hall–Kier alpha value is -2.60. The second-order valence-electron chi connectivity index (χ2n) is 7.70. The van der Waals surface area contributed by atoms with Crippen LogP contribution in [0.5, 0.6) is 0 Å². The van der Waals surface area contributed by atoms with Crippen LogP contribution in [-0.4, -0.2) is 28.6 Å². The number of dihydropyridines is 1. The quantitative estimate of drug-likeness (QED) is 0.825. The first kappa shape index (κ1) is 18.7. The smallest absolute Gasteiger partial charge is 0.255 e. The van der Waals surface area contributed by atoms with Gasteiger partial charge in [-0.3, -0.25) is 14.8 Å². The molecule has 144 valence electrons. The molecular weight excluding hydrogens is 368 g/mol. The molecule has 28 heavy (non-hydrogen) atoms. The second-order valence-corrected chi connectivity index (χ2v) is 8.82. The number of aliphatic imine (C=N–C) groups is 2. The van der Waals surface area contributed by atoms with E-state index in [1.165, 1.54) is 0 Å². The number of fused-ring (bicyclic) bond motifs is 1. The van der Waals surface area contributed by atoms with Crippen molar-refractivity contribution in [1.82, 2.24) is 5.32 Å². The highest BCUT2D eigenvalue weighted by molar-refractivity contribution is 8.13. The third-order valence-electron chi connectivity index (χ3n) is 5.62. The van der Waals surface area contributed by atoms with Gasteiger partial charge in [0.15, 0.2) is 5.17 Å². The number of nitrogens with zero attached hydrogens (tertiary/aromatic N) is 2. The molecule has 3 aliphatic rings. The summed E-state index contributed by atoms with van der Waals surface area (Å²) in [6.07, 6.45) is 12.7. The van der Waals surface area contributed by atoms with E-state index in [1.54, 1.807) is 11.8 Å². The monoisotopic (exact) mass is 392 g/mol. The lowest BCUT2D eigenvalue weighted by atomic mass is 9.79. The standard InChI is InChI=1S/C22H24N4OS/c1-21(11-13-28-20(23)26-21)16-7-3-6-15(14-16)19(27)25-18-9-4-10-22(2)17(18)8-5-12-24-22/h3-10,12,14,17H,11,13H2,1-2H3,(H2,23,26)(H,25,27). The van der Waals surface area contributed by atoms with Crippen molar-refractivity contribution in [2.45, 2.75) is 31.3 Å². The Labute approximate surface area is 169 Å². The summed E-state index contributed by atoms with van der Waals surface area (Å²) in [6, 6.07) is 7.68. The molecule has 0 aromatic heterocycles. The summed E-state index contributed by atoms with van der Waals surface area (Å²) in [6.45, 7) is 4.14. The first-order chi connectivity index (χ1) is 13.4. The van der Waals surface area contributed by atoms with E-state index in [2.05, 4.69) is 41.3 Å². The maximum Gasteiger partial charge on any atom is 0.255 e. The number of amides is 1. The summed E-state index contributed by atoms with van der Waals surface area (Å²) in [5, 5.41) is 3.70. The van der Waals surface area contributed by atoms with Crippen LogP contribution in [0.3, 0.4) is 0 Å². The van der Waals surface area contributed by atoms with Crippen molar-refractivity contribution in [2.75, 3.05) is 5.75 Å². The Morgan fingerprint density at radius 1 is 1.32 bits per heavy atom. The first-order valence-electron chi connectivity index (χ1n) is 9.41. The predicted octanol–water partition coefficient (Wildman–Crippen LogP) is 3.55. The van der Waals surface area contributed by atoms with Crippen LogP contribution in [0.2, 0.25) is 0 Å². The molecular formula is C22H24N4OS. The zero-order valence-corrected chi connectivity index (χ0v) is 16.9. The van der Waals surface area contributed by atoms with Crippen molar-refractivity contribution in [1.29, 1.82) is 0 Å². The summed E-state index contributed by atoms with van der Waals surface area (Å²) >= 11 is 1.58. The summed E-state index contributed by atoms with van der Waals surface area (Å²) in [4.78, 5) is 22.2. The van der Waals surface area contributed by atoms with Crippen LogP contribution in [0.1, 0.15) is 36.2 Å². The zero-order chi connectivity index (χ0) is 19.8. The van der Waals surface area contributed by atoms with Crippen LogP contribution in [-0.2, 0) is 5.54 Å². The van der Waals surface area contributed by atoms with Crippen molar-refractivity contribution in [3.05, 3.63) is 71.5 Å². The maximum atomic E-state index is 13.0. The fraction of sp³-hybridized carbons (Fsp3) is 0.318. The highest BCUT2D eigenvalue weighted by Gasteiger charge is 2.36. The van der Waals surface area contributed by atoms with Crippen molar-refractivity contribution in [3.8, 4) is 0 Å². The van der Waals surface area contributed by atoms with Crippen molar-refractivity contribution in [2.24, 2.45) is 21.6 Å². The third-order valence-corrected chi connectivity index (χ3v) is 6.41. The minimum absolute atomic E-state index is 0.0203. The molecule has 2 aliphatic heterocycles. The van der Waals surface area contributed by atoms with E-state index < -0.39 is 5.54 Å². The summed E-state index contributed by atoms with van der Waals surface area (Å²) in [5.41, 5.74) is 7.68. The molecule has 1 amide bonds. The number of carbonyl (C=O) groups excluding carboxylic acids is 1. The number of carbonyl (C=O) groups is 1. The fourth-order valence-electron chi connectivity index (χ4n) is 3.87. The number of benzene rings is 1. The van der Waals surface area contributed by atoms with E-state index >= 15 is 0 Å². The van der Waals surface area contributed by atoms with Gasteiger partial charge in [-0.2, -0.15) is 0 Å². The minimum Gasteiger partial charge on any atom is -0.379 e. The Balaban J connectivity index is 1.57. The average molecular weight is 393 g/mol. The second kappa shape index (κ2) is 7.09. The van der Waals surface area contributed by atoms with Gasteiger partial charge in [-0.1, -0.05) is 42.1 Å². The molecule has 4 rings (SSSR count). The number of nitrogens with two attached hydrogens (primary N) is 1. The Bertz CT molecular complexity index is 961. The van der Waals surface area contributed by atoms with Crippen LogP contribution in [0.25, 0.3) is 0 Å². The van der Waals surface area contributed by atoms with Crippen molar-refractivity contribution < 1.29 is 4.79 Å². The number of allylic oxidation sites excluding steroid dienone is 3. The molecule has 6 heteroatoms. The summed E-state index contributed by atoms with van der Waals surface area (Å²) < 4.78 is 0. The molecule has 2 heterocycles. The maximum absolute atomic E-state index is 13.0. The predicted molar refractivity (Wildman–Crippen MR) is 117 cm³/mol. The van der Waals surface area contributed by atoms with Crippen LogP contribution >= 0.6 is 11.8 Å². The van der Waals surface area contributed by atoms with Crippen LogP contribution in [0, 0.1) is 5.92 Å². The van der Waals surface area contributed by atoms with E-state index in [0.29, 0.717) is 10.7 Å². The Morgan fingerprint density at radius 3 is 3.00 bits per heavy atom. The lowest BCUT2D eigenvalue weighted by Crippen LogP contribution is -2.40. The van der Waals surface area contributed by atoms with Gasteiger partial charge < -0.3 is 11.1 Å². The number of rotatable bonds is 3. The van der Waals surface area contributed by atoms with Crippen LogP contribution in [0.4, 0.5) is 0 Å². The van der Waals surface area contributed by atoms with Crippen LogP contribution in [0.15, 0.2) is 70.3 Å². The van der Waals surface area contributed by atoms with Gasteiger partial charge >= 0.3 is 0 Å². The lowest BCUT2D eigenvalue weighted by molar-refractivity contribution is 0.0961. The number of nitrogens with one attached hydrogen (secondary N) is 1.